The molecule has 124 valence electrons. The lowest BCUT2D eigenvalue weighted by atomic mass is 9.62. The first-order valence-corrected chi connectivity index (χ1v) is 9.34. The van der Waals surface area contributed by atoms with Crippen LogP contribution in [0.4, 0.5) is 0 Å². The fourth-order valence-electron chi connectivity index (χ4n) is 3.88. The van der Waals surface area contributed by atoms with Crippen molar-refractivity contribution < 1.29 is 19.1 Å². The molecule has 5 nitrogen and oxygen atoms in total. The minimum Gasteiger partial charge on any atom is -0.479 e. The molecule has 0 spiro atoms. The molecule has 1 amide bonds. The van der Waals surface area contributed by atoms with E-state index >= 15 is 0 Å². The van der Waals surface area contributed by atoms with Crippen LogP contribution < -0.4 is 0 Å². The van der Waals surface area contributed by atoms with Crippen molar-refractivity contribution in [2.75, 3.05) is 0 Å². The van der Waals surface area contributed by atoms with Crippen molar-refractivity contribution in [3.63, 3.8) is 0 Å². The lowest BCUT2D eigenvalue weighted by Gasteiger charge is -2.54. The molecule has 4 atom stereocenters. The molecular weight excluding hydrogens is 338 g/mol. The summed E-state index contributed by atoms with van der Waals surface area (Å²) < 4.78 is 6.17. The third kappa shape index (κ3) is 2.63. The van der Waals surface area contributed by atoms with E-state index < -0.39 is 17.6 Å². The van der Waals surface area contributed by atoms with Gasteiger partial charge in [-0.2, -0.15) is 0 Å². The van der Waals surface area contributed by atoms with E-state index in [-0.39, 0.29) is 28.5 Å². The average Bonchev–Trinajstić information content (AvgIpc) is 2.68. The molecule has 0 bridgehead atoms. The van der Waals surface area contributed by atoms with E-state index in [1.807, 2.05) is 13.8 Å². The van der Waals surface area contributed by atoms with Crippen LogP contribution in [-0.2, 0) is 14.0 Å². The number of rotatable bonds is 4. The molecule has 22 heavy (non-hydrogen) atoms. The van der Waals surface area contributed by atoms with E-state index in [2.05, 4.69) is 20.8 Å². The van der Waals surface area contributed by atoms with Crippen molar-refractivity contribution in [3.05, 3.63) is 0 Å². The topological polar surface area (TPSA) is 66.8 Å². The summed E-state index contributed by atoms with van der Waals surface area (Å²) in [4.78, 5) is 25.5. The predicted molar refractivity (Wildman–Crippen MR) is 93.8 cm³/mol. The Morgan fingerprint density at radius 2 is 1.95 bits per heavy atom. The Bertz CT molecular complexity index is 531. The van der Waals surface area contributed by atoms with Gasteiger partial charge >= 0.3 is 5.97 Å². The fourth-order valence-corrected chi connectivity index (χ4v) is 5.98. The Morgan fingerprint density at radius 3 is 2.36 bits per heavy atom. The van der Waals surface area contributed by atoms with E-state index in [9.17, 15) is 14.7 Å². The third-order valence-corrected chi connectivity index (χ3v) is 7.44. The number of thiocarbonyl (C=S) groups is 1. The van der Waals surface area contributed by atoms with Crippen LogP contribution in [0, 0.1) is 17.3 Å². The number of carboxylic acid groups (broad SMARTS) is 1. The summed E-state index contributed by atoms with van der Waals surface area (Å²) in [5.41, 5.74) is -0.565. The number of β-lactam (4-membered cyclic amide) rings is 1. The molecular formula is C14H23NO4S2Si. The first-order chi connectivity index (χ1) is 9.93. The average molecular weight is 362 g/mol. The molecule has 3 unspecified atom stereocenters. The highest BCUT2D eigenvalue weighted by atomic mass is 32.2. The molecule has 2 saturated heterocycles. The zero-order chi connectivity index (χ0) is 17.0. The second kappa shape index (κ2) is 5.57. The van der Waals surface area contributed by atoms with Gasteiger partial charge in [0, 0.05) is 5.92 Å². The standard InChI is InChI=1S/C14H23NO4S2Si/c1-13(2,3)8(14(4,5)19-22)6-9(16)15-7(11(17)18)12(20)21-10(6)15/h6-8,10H,1-5,22H3,(H,17,18)/t6-,7?,8?,10?/m0/s1. The van der Waals surface area contributed by atoms with Gasteiger partial charge in [0.05, 0.1) is 21.1 Å². The highest BCUT2D eigenvalue weighted by Gasteiger charge is 2.64. The van der Waals surface area contributed by atoms with Gasteiger partial charge in [-0.05, 0) is 19.3 Å². The molecule has 0 aromatic carbocycles. The predicted octanol–water partition coefficient (Wildman–Crippen LogP) is 1.04. The van der Waals surface area contributed by atoms with Crippen molar-refractivity contribution in [2.24, 2.45) is 17.3 Å². The number of carboxylic acids is 1. The van der Waals surface area contributed by atoms with Gasteiger partial charge in [0.15, 0.2) is 6.04 Å². The van der Waals surface area contributed by atoms with Gasteiger partial charge in [-0.3, -0.25) is 4.79 Å². The Morgan fingerprint density at radius 1 is 1.41 bits per heavy atom. The van der Waals surface area contributed by atoms with Crippen molar-refractivity contribution in [1.29, 1.82) is 0 Å². The second-order valence-electron chi connectivity index (χ2n) is 7.49. The highest BCUT2D eigenvalue weighted by Crippen LogP contribution is 2.54. The monoisotopic (exact) mass is 361 g/mol. The molecule has 2 aliphatic rings. The van der Waals surface area contributed by atoms with Crippen molar-refractivity contribution in [3.8, 4) is 0 Å². The van der Waals surface area contributed by atoms with Gasteiger partial charge in [0.2, 0.25) is 5.91 Å². The molecule has 0 radical (unpaired) electrons. The maximum atomic E-state index is 12.7. The number of carbonyl (C=O) groups excluding carboxylic acids is 1. The van der Waals surface area contributed by atoms with E-state index in [4.69, 9.17) is 16.6 Å². The maximum absolute atomic E-state index is 12.7. The molecule has 2 aliphatic heterocycles. The second-order valence-corrected chi connectivity index (χ2v) is 9.76. The molecule has 0 aromatic rings. The van der Waals surface area contributed by atoms with Gasteiger partial charge in [0.1, 0.15) is 10.5 Å². The number of thioether (sulfide) groups is 1. The first-order valence-electron chi connectivity index (χ1n) is 7.24. The minimum atomic E-state index is -1.04. The van der Waals surface area contributed by atoms with Crippen LogP contribution in [-0.4, -0.2) is 53.6 Å². The number of aliphatic carboxylic acids is 1. The van der Waals surface area contributed by atoms with Gasteiger partial charge in [-0.25, -0.2) is 4.79 Å². The van der Waals surface area contributed by atoms with Crippen LogP contribution in [0.5, 0.6) is 0 Å². The Kier molecular flexibility index (Phi) is 4.54. The maximum Gasteiger partial charge on any atom is 0.332 e. The van der Waals surface area contributed by atoms with Crippen molar-refractivity contribution >= 4 is 50.5 Å². The Labute approximate surface area is 143 Å². The summed E-state index contributed by atoms with van der Waals surface area (Å²) in [6.07, 6.45) is 0. The SMILES string of the molecule is CC(C)(C)C([C@H]1C(=O)N2C(C(=O)O)C(=S)SC12)C(C)(C)O[SiH3]. The van der Waals surface area contributed by atoms with Crippen molar-refractivity contribution in [1.82, 2.24) is 4.90 Å². The lowest BCUT2D eigenvalue weighted by Crippen LogP contribution is -2.67. The van der Waals surface area contributed by atoms with Crippen molar-refractivity contribution in [2.45, 2.75) is 51.6 Å². The number of hydrogen-bond donors (Lipinski definition) is 1. The summed E-state index contributed by atoms with van der Waals surface area (Å²) in [5.74, 6) is -1.42. The van der Waals surface area contributed by atoms with E-state index in [0.29, 0.717) is 14.7 Å². The molecule has 8 heteroatoms. The summed E-state index contributed by atoms with van der Waals surface area (Å²) >= 11 is 6.53. The molecule has 0 aliphatic carbocycles. The van der Waals surface area contributed by atoms with Gasteiger partial charge in [-0.15, -0.1) is 0 Å². The summed E-state index contributed by atoms with van der Waals surface area (Å²) in [6, 6.07) is -0.964. The molecule has 2 heterocycles. The van der Waals surface area contributed by atoms with Crippen LogP contribution in [0.1, 0.15) is 34.6 Å². The quantitative estimate of drug-likeness (QED) is 0.458. The highest BCUT2D eigenvalue weighted by molar-refractivity contribution is 8.24. The lowest BCUT2D eigenvalue weighted by molar-refractivity contribution is -0.172. The number of hydrogen-bond acceptors (Lipinski definition) is 5. The van der Waals surface area contributed by atoms with E-state index in [1.54, 1.807) is 0 Å². The third-order valence-electron chi connectivity index (χ3n) is 4.66. The molecule has 0 saturated carbocycles. The Hall–Kier alpha value is -0.443. The number of amides is 1. The van der Waals surface area contributed by atoms with Gasteiger partial charge in [0.25, 0.3) is 0 Å². The Balaban J connectivity index is 2.36. The summed E-state index contributed by atoms with van der Waals surface area (Å²) in [6.45, 7) is 10.3. The van der Waals surface area contributed by atoms with Crippen LogP contribution in [0.25, 0.3) is 0 Å². The van der Waals surface area contributed by atoms with Crippen LogP contribution in [0.15, 0.2) is 0 Å². The van der Waals surface area contributed by atoms with E-state index in [1.165, 1.54) is 16.7 Å². The van der Waals surface area contributed by atoms with Gasteiger partial charge < -0.3 is 14.4 Å². The normalized spacial score (nSPS) is 30.2. The van der Waals surface area contributed by atoms with Crippen LogP contribution in [0.2, 0.25) is 0 Å². The number of fused-ring (bicyclic) bond motifs is 1. The van der Waals surface area contributed by atoms with Crippen LogP contribution >= 0.6 is 24.0 Å². The van der Waals surface area contributed by atoms with Crippen LogP contribution in [0.3, 0.4) is 0 Å². The minimum absolute atomic E-state index is 0.00547. The molecule has 2 rings (SSSR count). The number of nitrogens with zero attached hydrogens (tertiary/aromatic N) is 1. The first kappa shape index (κ1) is 17.9. The molecule has 2 fully saturated rings. The fraction of sp³-hybridized carbons (Fsp3) is 0.786. The van der Waals surface area contributed by atoms with E-state index in [0.717, 1.165) is 0 Å². The smallest absolute Gasteiger partial charge is 0.332 e. The number of carbonyl (C=O) groups is 2. The molecule has 1 N–H and O–H groups in total. The largest absolute Gasteiger partial charge is 0.479 e. The zero-order valence-electron chi connectivity index (χ0n) is 13.7. The summed E-state index contributed by atoms with van der Waals surface area (Å²) in [5, 5.41) is 9.12. The summed E-state index contributed by atoms with van der Waals surface area (Å²) in [7, 11) is 0.587. The molecule has 0 aromatic heterocycles. The van der Waals surface area contributed by atoms with Gasteiger partial charge in [-0.1, -0.05) is 44.8 Å². The zero-order valence-corrected chi connectivity index (χ0v) is 17.4.